The summed E-state index contributed by atoms with van der Waals surface area (Å²) in [5, 5.41) is 11.7. The fourth-order valence-corrected chi connectivity index (χ4v) is 4.67. The van der Waals surface area contributed by atoms with Gasteiger partial charge in [-0.2, -0.15) is 0 Å². The Labute approximate surface area is 167 Å². The smallest absolute Gasteiger partial charge is 0.273 e. The topological polar surface area (TPSA) is 63.1 Å². The van der Waals surface area contributed by atoms with Crippen molar-refractivity contribution in [2.75, 3.05) is 20.1 Å². The first kappa shape index (κ1) is 19.1. The highest BCUT2D eigenvalue weighted by Crippen LogP contribution is 2.27. The zero-order valence-corrected chi connectivity index (χ0v) is 16.8. The molecular formula is C22H31N5O. The number of amides is 1. The average Bonchev–Trinajstić information content (AvgIpc) is 3.22. The van der Waals surface area contributed by atoms with E-state index in [0.29, 0.717) is 17.7 Å². The quantitative estimate of drug-likeness (QED) is 0.865. The molecule has 2 atom stereocenters. The molecule has 1 aromatic heterocycles. The van der Waals surface area contributed by atoms with Crippen LogP contribution in [0.15, 0.2) is 36.5 Å². The SMILES string of the molecule is CN1CC[C@@H](NC(=O)c2cn(C3CCCCC3)nn2)[C@@H](Cc2ccccc2)C1. The highest BCUT2D eigenvalue weighted by molar-refractivity contribution is 5.92. The molecule has 1 saturated heterocycles. The summed E-state index contributed by atoms with van der Waals surface area (Å²) in [6, 6.07) is 11.1. The van der Waals surface area contributed by atoms with E-state index in [9.17, 15) is 4.79 Å². The normalized spacial score (nSPS) is 24.2. The van der Waals surface area contributed by atoms with E-state index in [4.69, 9.17) is 0 Å². The van der Waals surface area contributed by atoms with Gasteiger partial charge < -0.3 is 10.2 Å². The zero-order chi connectivity index (χ0) is 19.3. The lowest BCUT2D eigenvalue weighted by atomic mass is 9.87. The Hall–Kier alpha value is -2.21. The Bertz CT molecular complexity index is 768. The van der Waals surface area contributed by atoms with Crippen molar-refractivity contribution >= 4 is 5.91 Å². The lowest BCUT2D eigenvalue weighted by molar-refractivity contribution is 0.0868. The van der Waals surface area contributed by atoms with E-state index < -0.39 is 0 Å². The van der Waals surface area contributed by atoms with Crippen LogP contribution in [-0.2, 0) is 6.42 Å². The average molecular weight is 382 g/mol. The summed E-state index contributed by atoms with van der Waals surface area (Å²) in [7, 11) is 2.16. The molecule has 1 aliphatic heterocycles. The summed E-state index contributed by atoms with van der Waals surface area (Å²) >= 11 is 0. The van der Waals surface area contributed by atoms with Crippen LogP contribution in [0.3, 0.4) is 0 Å². The number of benzene rings is 1. The molecule has 28 heavy (non-hydrogen) atoms. The Kier molecular flexibility index (Phi) is 6.05. The molecule has 0 spiro atoms. The number of piperidine rings is 1. The maximum absolute atomic E-state index is 12.8. The van der Waals surface area contributed by atoms with Gasteiger partial charge in [0.2, 0.25) is 0 Å². The van der Waals surface area contributed by atoms with Gasteiger partial charge in [0.05, 0.1) is 12.2 Å². The summed E-state index contributed by atoms with van der Waals surface area (Å²) in [5.74, 6) is 0.313. The Morgan fingerprint density at radius 3 is 2.71 bits per heavy atom. The minimum Gasteiger partial charge on any atom is -0.347 e. The van der Waals surface area contributed by atoms with Crippen molar-refractivity contribution in [3.8, 4) is 0 Å². The van der Waals surface area contributed by atoms with Crippen LogP contribution in [0.25, 0.3) is 0 Å². The number of hydrogen-bond acceptors (Lipinski definition) is 4. The Balaban J connectivity index is 1.41. The third kappa shape index (κ3) is 4.61. The van der Waals surface area contributed by atoms with Gasteiger partial charge in [-0.1, -0.05) is 54.8 Å². The van der Waals surface area contributed by atoms with E-state index >= 15 is 0 Å². The minimum absolute atomic E-state index is 0.0883. The van der Waals surface area contributed by atoms with E-state index in [1.54, 1.807) is 0 Å². The number of carbonyl (C=O) groups excluding carboxylic acids is 1. The highest BCUT2D eigenvalue weighted by Gasteiger charge is 2.30. The van der Waals surface area contributed by atoms with Gasteiger partial charge in [-0.05, 0) is 50.8 Å². The van der Waals surface area contributed by atoms with Crippen molar-refractivity contribution in [1.82, 2.24) is 25.2 Å². The van der Waals surface area contributed by atoms with Crippen molar-refractivity contribution in [2.24, 2.45) is 5.92 Å². The second-order valence-corrected chi connectivity index (χ2v) is 8.46. The van der Waals surface area contributed by atoms with Crippen LogP contribution in [0.4, 0.5) is 0 Å². The predicted octanol–water partition coefficient (Wildman–Crippen LogP) is 3.08. The molecule has 1 amide bonds. The van der Waals surface area contributed by atoms with E-state index in [2.05, 4.69) is 51.8 Å². The first-order chi connectivity index (χ1) is 13.7. The van der Waals surface area contributed by atoms with Gasteiger partial charge in [0.1, 0.15) is 0 Å². The zero-order valence-electron chi connectivity index (χ0n) is 16.8. The molecule has 6 heteroatoms. The van der Waals surface area contributed by atoms with Gasteiger partial charge in [0.15, 0.2) is 5.69 Å². The second-order valence-electron chi connectivity index (χ2n) is 8.46. The van der Waals surface area contributed by atoms with Crippen molar-refractivity contribution in [3.05, 3.63) is 47.8 Å². The third-order valence-corrected chi connectivity index (χ3v) is 6.29. The maximum atomic E-state index is 12.8. The summed E-state index contributed by atoms with van der Waals surface area (Å²) < 4.78 is 1.91. The fraction of sp³-hybridized carbons (Fsp3) is 0.591. The minimum atomic E-state index is -0.0883. The second kappa shape index (κ2) is 8.86. The molecule has 4 rings (SSSR count). The van der Waals surface area contributed by atoms with Gasteiger partial charge in [-0.3, -0.25) is 4.79 Å². The Morgan fingerprint density at radius 1 is 1.14 bits per heavy atom. The molecule has 2 aliphatic rings. The van der Waals surface area contributed by atoms with E-state index in [1.807, 2.05) is 16.9 Å². The van der Waals surface area contributed by atoms with Gasteiger partial charge in [-0.15, -0.1) is 5.10 Å². The molecular weight excluding hydrogens is 350 g/mol. The molecule has 2 heterocycles. The first-order valence-electron chi connectivity index (χ1n) is 10.6. The monoisotopic (exact) mass is 381 g/mol. The molecule has 1 saturated carbocycles. The van der Waals surface area contributed by atoms with E-state index in [1.165, 1.54) is 24.8 Å². The molecule has 2 fully saturated rings. The van der Waals surface area contributed by atoms with Crippen LogP contribution in [0, 0.1) is 5.92 Å². The molecule has 1 aliphatic carbocycles. The highest BCUT2D eigenvalue weighted by atomic mass is 16.2. The maximum Gasteiger partial charge on any atom is 0.273 e. The summed E-state index contributed by atoms with van der Waals surface area (Å²) in [4.78, 5) is 15.2. The van der Waals surface area contributed by atoms with Gasteiger partial charge in [0.25, 0.3) is 5.91 Å². The van der Waals surface area contributed by atoms with Crippen molar-refractivity contribution < 1.29 is 4.79 Å². The number of likely N-dealkylation sites (tertiary alicyclic amines) is 1. The van der Waals surface area contributed by atoms with Crippen LogP contribution in [0.5, 0.6) is 0 Å². The lowest BCUT2D eigenvalue weighted by Gasteiger charge is -2.37. The van der Waals surface area contributed by atoms with Crippen molar-refractivity contribution in [1.29, 1.82) is 0 Å². The number of rotatable bonds is 5. The van der Waals surface area contributed by atoms with E-state index in [0.717, 1.165) is 38.8 Å². The van der Waals surface area contributed by atoms with Crippen LogP contribution < -0.4 is 5.32 Å². The summed E-state index contributed by atoms with van der Waals surface area (Å²) in [6.07, 6.45) is 9.84. The van der Waals surface area contributed by atoms with Crippen LogP contribution in [-0.4, -0.2) is 52.0 Å². The van der Waals surface area contributed by atoms with Crippen LogP contribution in [0.1, 0.15) is 60.6 Å². The molecule has 0 unspecified atom stereocenters. The number of nitrogens with zero attached hydrogens (tertiary/aromatic N) is 4. The standard InChI is InChI=1S/C22H31N5O/c1-26-13-12-20(18(15-26)14-17-8-4-2-5-9-17)23-22(28)21-16-27(25-24-21)19-10-6-3-7-11-19/h2,4-5,8-9,16,18-20H,3,6-7,10-15H2,1H3,(H,23,28)/t18-,20+/m0/s1. The molecule has 2 aromatic rings. The van der Waals surface area contributed by atoms with Gasteiger partial charge in [0, 0.05) is 12.6 Å². The van der Waals surface area contributed by atoms with Crippen molar-refractivity contribution in [2.45, 2.75) is 57.0 Å². The molecule has 6 nitrogen and oxygen atoms in total. The number of nitrogens with one attached hydrogen (secondary N) is 1. The van der Waals surface area contributed by atoms with Gasteiger partial charge >= 0.3 is 0 Å². The summed E-state index contributed by atoms with van der Waals surface area (Å²) in [5.41, 5.74) is 1.77. The number of aromatic nitrogens is 3. The predicted molar refractivity (Wildman–Crippen MR) is 109 cm³/mol. The van der Waals surface area contributed by atoms with Crippen molar-refractivity contribution in [3.63, 3.8) is 0 Å². The summed E-state index contributed by atoms with van der Waals surface area (Å²) in [6.45, 7) is 2.00. The first-order valence-corrected chi connectivity index (χ1v) is 10.6. The fourth-order valence-electron chi connectivity index (χ4n) is 4.67. The lowest BCUT2D eigenvalue weighted by Crippen LogP contribution is -2.50. The van der Waals surface area contributed by atoms with Crippen LogP contribution in [0.2, 0.25) is 0 Å². The van der Waals surface area contributed by atoms with Gasteiger partial charge in [-0.25, -0.2) is 4.68 Å². The largest absolute Gasteiger partial charge is 0.347 e. The molecule has 150 valence electrons. The number of hydrogen-bond donors (Lipinski definition) is 1. The molecule has 0 radical (unpaired) electrons. The van der Waals surface area contributed by atoms with Crippen LogP contribution >= 0.6 is 0 Å². The molecule has 0 bridgehead atoms. The molecule has 1 N–H and O–H groups in total. The number of carbonyl (C=O) groups is 1. The van der Waals surface area contributed by atoms with E-state index in [-0.39, 0.29) is 11.9 Å². The molecule has 1 aromatic carbocycles. The third-order valence-electron chi connectivity index (χ3n) is 6.29. The Morgan fingerprint density at radius 2 is 1.93 bits per heavy atom.